The Hall–Kier alpha value is -1.89. The van der Waals surface area contributed by atoms with Crippen LogP contribution in [0.5, 0.6) is 0 Å². The molecule has 0 spiro atoms. The Labute approximate surface area is 75.7 Å². The summed E-state index contributed by atoms with van der Waals surface area (Å²) in [7, 11) is 0. The average Bonchev–Trinajstić information content (AvgIpc) is 2.17. The third-order valence-corrected chi connectivity index (χ3v) is 1.76. The van der Waals surface area contributed by atoms with Gasteiger partial charge in [-0.2, -0.15) is 0 Å². The Morgan fingerprint density at radius 1 is 1.69 bits per heavy atom. The van der Waals surface area contributed by atoms with Gasteiger partial charge in [-0.15, -0.1) is 4.98 Å². The molecule has 0 aliphatic rings. The number of rotatable bonds is 2. The van der Waals surface area contributed by atoms with E-state index >= 15 is 0 Å². The highest BCUT2D eigenvalue weighted by Gasteiger charge is 2.14. The van der Waals surface area contributed by atoms with Crippen LogP contribution in [0.4, 0.5) is 5.82 Å². The topological polar surface area (TPSA) is 54.5 Å². The molecule has 1 atom stereocenters. The van der Waals surface area contributed by atoms with Crippen LogP contribution in [0.2, 0.25) is 0 Å². The molecule has 66 valence electrons. The molecule has 0 bridgehead atoms. The summed E-state index contributed by atoms with van der Waals surface area (Å²) in [4.78, 5) is 17.5. The Morgan fingerprint density at radius 3 is 2.77 bits per heavy atom. The molecule has 0 aromatic carbocycles. The zero-order valence-electron chi connectivity index (χ0n) is 7.06. The number of hydrogen-bond acceptors (Lipinski definition) is 2. The summed E-state index contributed by atoms with van der Waals surface area (Å²) in [6.45, 7) is 8.23. The van der Waals surface area contributed by atoms with Crippen molar-refractivity contribution in [2.45, 2.75) is 12.8 Å². The number of hydrogen-bond donors (Lipinski definition) is 1. The summed E-state index contributed by atoms with van der Waals surface area (Å²) in [5.74, 6) is -1.19. The minimum atomic E-state index is -0.891. The van der Waals surface area contributed by atoms with Crippen molar-refractivity contribution in [3.05, 3.63) is 35.3 Å². The van der Waals surface area contributed by atoms with Crippen molar-refractivity contribution in [3.8, 4) is 0 Å². The van der Waals surface area contributed by atoms with Crippen molar-refractivity contribution < 1.29 is 9.90 Å². The molecule has 1 N–H and O–H groups in total. The molecule has 4 nitrogen and oxygen atoms in total. The summed E-state index contributed by atoms with van der Waals surface area (Å²) >= 11 is 0. The van der Waals surface area contributed by atoms with Gasteiger partial charge in [0.05, 0.1) is 5.92 Å². The number of pyridine rings is 1. The lowest BCUT2D eigenvalue weighted by molar-refractivity contribution is -0.138. The molecule has 1 aromatic rings. The predicted molar refractivity (Wildman–Crippen MR) is 46.5 cm³/mol. The van der Waals surface area contributed by atoms with E-state index in [4.69, 9.17) is 11.7 Å². The van der Waals surface area contributed by atoms with E-state index in [1.54, 1.807) is 13.0 Å². The maximum atomic E-state index is 10.6. The van der Waals surface area contributed by atoms with E-state index in [-0.39, 0.29) is 5.82 Å². The Kier molecular flexibility index (Phi) is 2.60. The molecule has 1 aromatic heterocycles. The van der Waals surface area contributed by atoms with E-state index < -0.39 is 11.9 Å². The van der Waals surface area contributed by atoms with E-state index in [9.17, 15) is 4.79 Å². The van der Waals surface area contributed by atoms with E-state index in [0.717, 1.165) is 0 Å². The normalized spacial score (nSPS) is 11.7. The number of carboxylic acid groups (broad SMARTS) is 1. The fourth-order valence-electron chi connectivity index (χ4n) is 0.862. The van der Waals surface area contributed by atoms with Crippen LogP contribution in [0.3, 0.4) is 0 Å². The minimum absolute atomic E-state index is 0.279. The van der Waals surface area contributed by atoms with Crippen LogP contribution >= 0.6 is 0 Å². The van der Waals surface area contributed by atoms with Gasteiger partial charge in [0.1, 0.15) is 6.20 Å². The average molecular weight is 176 g/mol. The van der Waals surface area contributed by atoms with Crippen LogP contribution in [0.25, 0.3) is 4.85 Å². The first-order valence-corrected chi connectivity index (χ1v) is 3.71. The maximum Gasteiger partial charge on any atom is 0.310 e. The molecule has 0 aliphatic carbocycles. The first-order chi connectivity index (χ1) is 6.15. The van der Waals surface area contributed by atoms with Crippen molar-refractivity contribution in [3.63, 3.8) is 0 Å². The fourth-order valence-corrected chi connectivity index (χ4v) is 0.862. The van der Waals surface area contributed by atoms with Crippen molar-refractivity contribution in [1.29, 1.82) is 0 Å². The maximum absolute atomic E-state index is 10.6. The van der Waals surface area contributed by atoms with Gasteiger partial charge in [0, 0.05) is 5.56 Å². The molecule has 0 saturated carbocycles. The lowest BCUT2D eigenvalue weighted by atomic mass is 10.0. The Balaban J connectivity index is 2.93. The second-order valence-electron chi connectivity index (χ2n) is 2.62. The Morgan fingerprint density at radius 2 is 2.38 bits per heavy atom. The summed E-state index contributed by atoms with van der Waals surface area (Å²) in [6.07, 6.45) is 1.42. The molecule has 13 heavy (non-hydrogen) atoms. The summed E-state index contributed by atoms with van der Waals surface area (Å²) < 4.78 is 0. The zero-order chi connectivity index (χ0) is 9.84. The molecule has 0 amide bonds. The van der Waals surface area contributed by atoms with Crippen LogP contribution in [0, 0.1) is 6.57 Å². The van der Waals surface area contributed by atoms with E-state index in [2.05, 4.69) is 9.83 Å². The first kappa shape index (κ1) is 9.20. The van der Waals surface area contributed by atoms with Gasteiger partial charge in [0.2, 0.25) is 0 Å². The van der Waals surface area contributed by atoms with E-state index in [0.29, 0.717) is 5.56 Å². The highest BCUT2D eigenvalue weighted by atomic mass is 16.4. The fraction of sp³-hybridized carbons (Fsp3) is 0.222. The second-order valence-corrected chi connectivity index (χ2v) is 2.62. The van der Waals surface area contributed by atoms with Gasteiger partial charge in [-0.1, -0.05) is 12.6 Å². The standard InChI is InChI=1S/C9H8N2O2/c1-6(9(12)13)7-3-4-8(10-2)11-5-7/h3-6H,1H3,(H,12,13). The molecular weight excluding hydrogens is 168 g/mol. The largest absolute Gasteiger partial charge is 0.481 e. The van der Waals surface area contributed by atoms with E-state index in [1.807, 2.05) is 0 Å². The summed E-state index contributed by atoms with van der Waals surface area (Å²) in [6, 6.07) is 3.13. The van der Waals surface area contributed by atoms with Crippen LogP contribution in [-0.4, -0.2) is 16.1 Å². The predicted octanol–water partition coefficient (Wildman–Crippen LogP) is 1.82. The van der Waals surface area contributed by atoms with Crippen molar-refractivity contribution in [2.75, 3.05) is 0 Å². The lowest BCUT2D eigenvalue weighted by Crippen LogP contribution is -2.07. The molecular formula is C9H8N2O2. The van der Waals surface area contributed by atoms with Crippen LogP contribution in [0.15, 0.2) is 18.3 Å². The highest BCUT2D eigenvalue weighted by Crippen LogP contribution is 2.16. The van der Waals surface area contributed by atoms with Gasteiger partial charge in [-0.05, 0) is 13.0 Å². The van der Waals surface area contributed by atoms with Gasteiger partial charge in [0.15, 0.2) is 0 Å². The smallest absolute Gasteiger partial charge is 0.310 e. The number of aliphatic carboxylic acids is 1. The molecule has 0 aliphatic heterocycles. The third-order valence-electron chi connectivity index (χ3n) is 1.76. The van der Waals surface area contributed by atoms with Gasteiger partial charge in [0.25, 0.3) is 5.82 Å². The first-order valence-electron chi connectivity index (χ1n) is 3.71. The number of carbonyl (C=O) groups is 1. The molecule has 1 heterocycles. The number of nitrogens with zero attached hydrogens (tertiary/aromatic N) is 2. The Bertz CT molecular complexity index is 351. The molecule has 1 unspecified atom stereocenters. The summed E-state index contributed by atoms with van der Waals surface area (Å²) in [5.41, 5.74) is 0.611. The highest BCUT2D eigenvalue weighted by molar-refractivity contribution is 5.75. The van der Waals surface area contributed by atoms with Crippen LogP contribution in [0.1, 0.15) is 18.4 Å². The summed E-state index contributed by atoms with van der Waals surface area (Å²) in [5, 5.41) is 8.67. The molecule has 0 saturated heterocycles. The van der Waals surface area contributed by atoms with Crippen molar-refractivity contribution in [2.24, 2.45) is 0 Å². The van der Waals surface area contributed by atoms with Gasteiger partial charge in [-0.25, -0.2) is 0 Å². The van der Waals surface area contributed by atoms with Crippen LogP contribution < -0.4 is 0 Å². The third kappa shape index (κ3) is 2.03. The van der Waals surface area contributed by atoms with Crippen LogP contribution in [-0.2, 0) is 4.79 Å². The zero-order valence-corrected chi connectivity index (χ0v) is 7.06. The molecule has 4 heteroatoms. The second kappa shape index (κ2) is 3.68. The molecule has 1 rings (SSSR count). The number of carboxylic acids is 1. The van der Waals surface area contributed by atoms with Gasteiger partial charge >= 0.3 is 5.97 Å². The van der Waals surface area contributed by atoms with Crippen molar-refractivity contribution >= 4 is 11.8 Å². The molecule has 0 radical (unpaired) electrons. The molecule has 0 fully saturated rings. The minimum Gasteiger partial charge on any atom is -0.481 e. The SMILES string of the molecule is [C-]#[N+]c1ccc(C(C)C(=O)O)cn1. The quantitative estimate of drug-likeness (QED) is 0.699. The van der Waals surface area contributed by atoms with E-state index in [1.165, 1.54) is 12.3 Å². The monoisotopic (exact) mass is 176 g/mol. The van der Waals surface area contributed by atoms with Gasteiger partial charge < -0.3 is 9.95 Å². The van der Waals surface area contributed by atoms with Gasteiger partial charge in [-0.3, -0.25) is 4.79 Å². The lowest BCUT2D eigenvalue weighted by Gasteiger charge is -2.03. The number of aromatic nitrogens is 1. The van der Waals surface area contributed by atoms with Crippen molar-refractivity contribution in [1.82, 2.24) is 4.98 Å².